The Labute approximate surface area is 176 Å². The summed E-state index contributed by atoms with van der Waals surface area (Å²) in [6, 6.07) is 10.9. The number of hydrogen-bond donors (Lipinski definition) is 2. The molecule has 0 saturated carbocycles. The maximum atomic E-state index is 12.9. The van der Waals surface area contributed by atoms with E-state index >= 15 is 0 Å². The molecule has 0 radical (unpaired) electrons. The van der Waals surface area contributed by atoms with Gasteiger partial charge in [-0.15, -0.1) is 11.3 Å². The van der Waals surface area contributed by atoms with Crippen LogP contribution in [0.15, 0.2) is 24.3 Å². The van der Waals surface area contributed by atoms with E-state index in [-0.39, 0.29) is 5.91 Å². The average Bonchev–Trinajstić information content (AvgIpc) is 3.22. The molecule has 0 spiro atoms. The van der Waals surface area contributed by atoms with Gasteiger partial charge in [0.1, 0.15) is 22.9 Å². The van der Waals surface area contributed by atoms with E-state index in [1.54, 1.807) is 18.4 Å². The van der Waals surface area contributed by atoms with Crippen LogP contribution in [0.3, 0.4) is 0 Å². The summed E-state index contributed by atoms with van der Waals surface area (Å²) in [4.78, 5) is 15.5. The molecule has 1 aliphatic carbocycles. The van der Waals surface area contributed by atoms with E-state index in [1.807, 2.05) is 12.1 Å². The molecule has 152 valence electrons. The number of thiophene rings is 1. The number of rotatable bonds is 5. The molecule has 2 atom stereocenters. The van der Waals surface area contributed by atoms with Crippen molar-refractivity contribution in [2.75, 3.05) is 25.5 Å². The number of nitrogens with zero attached hydrogens (tertiary/aromatic N) is 1. The summed E-state index contributed by atoms with van der Waals surface area (Å²) in [5, 5.41) is 13.4. The summed E-state index contributed by atoms with van der Waals surface area (Å²) in [6.45, 7) is 1.43. The zero-order valence-corrected chi connectivity index (χ0v) is 17.7. The fourth-order valence-electron chi connectivity index (χ4n) is 4.69. The minimum atomic E-state index is 0.0110. The number of hydrogen-bond acceptors (Lipinski definition) is 4. The Hall–Kier alpha value is -2.36. The maximum Gasteiger partial charge on any atom is 0.280 e. The first kappa shape index (κ1) is 19.9. The third kappa shape index (κ3) is 4.31. The lowest BCUT2D eigenvalue weighted by Gasteiger charge is -2.26. The first-order valence-electron chi connectivity index (χ1n) is 10.5. The molecule has 1 saturated heterocycles. The van der Waals surface area contributed by atoms with Gasteiger partial charge < -0.3 is 15.0 Å². The van der Waals surface area contributed by atoms with Crippen molar-refractivity contribution < 1.29 is 14.4 Å². The second kappa shape index (κ2) is 8.98. The van der Waals surface area contributed by atoms with Gasteiger partial charge in [0.2, 0.25) is 0 Å². The number of quaternary nitrogens is 1. The SMILES string of the molecule is COc1ccc([C@H]2CCCCC[NH+]2CC(=O)Nc2sc3c(c2C#N)CCC3)cc1. The third-order valence-corrected chi connectivity index (χ3v) is 7.38. The Balaban J connectivity index is 1.48. The summed E-state index contributed by atoms with van der Waals surface area (Å²) in [5.41, 5.74) is 3.11. The normalized spacial score (nSPS) is 21.1. The second-order valence-corrected chi connectivity index (χ2v) is 9.09. The molecule has 6 heteroatoms. The van der Waals surface area contributed by atoms with Crippen LogP contribution >= 0.6 is 11.3 Å². The quantitative estimate of drug-likeness (QED) is 0.795. The molecule has 1 fully saturated rings. The average molecular weight is 411 g/mol. The Morgan fingerprint density at radius 2 is 2.07 bits per heavy atom. The third-order valence-electron chi connectivity index (χ3n) is 6.18. The Morgan fingerprint density at radius 3 is 2.83 bits per heavy atom. The first-order chi connectivity index (χ1) is 14.2. The topological polar surface area (TPSA) is 66.6 Å². The molecule has 1 amide bonds. The molecule has 1 aromatic heterocycles. The Kier molecular flexibility index (Phi) is 6.17. The minimum Gasteiger partial charge on any atom is -0.497 e. The zero-order chi connectivity index (χ0) is 20.2. The number of aryl methyl sites for hydroxylation is 1. The smallest absolute Gasteiger partial charge is 0.280 e. The van der Waals surface area contributed by atoms with Gasteiger partial charge in [-0.1, -0.05) is 0 Å². The highest BCUT2D eigenvalue weighted by atomic mass is 32.1. The molecule has 2 aromatic rings. The van der Waals surface area contributed by atoms with Crippen LogP contribution in [0, 0.1) is 11.3 Å². The molecule has 2 heterocycles. The van der Waals surface area contributed by atoms with Crippen LogP contribution in [-0.2, 0) is 17.6 Å². The number of nitrogens with one attached hydrogen (secondary N) is 2. The van der Waals surface area contributed by atoms with Crippen LogP contribution in [0.2, 0.25) is 0 Å². The van der Waals surface area contributed by atoms with Crippen molar-refractivity contribution in [3.05, 3.63) is 45.8 Å². The van der Waals surface area contributed by atoms with E-state index in [2.05, 4.69) is 23.5 Å². The number of methoxy groups -OCH3 is 1. The van der Waals surface area contributed by atoms with E-state index < -0.39 is 0 Å². The van der Waals surface area contributed by atoms with Gasteiger partial charge in [0.25, 0.3) is 5.91 Å². The number of ether oxygens (including phenoxy) is 1. The number of anilines is 1. The van der Waals surface area contributed by atoms with Crippen LogP contribution in [0.5, 0.6) is 5.75 Å². The highest BCUT2D eigenvalue weighted by molar-refractivity contribution is 7.16. The summed E-state index contributed by atoms with van der Waals surface area (Å²) in [7, 11) is 1.68. The lowest BCUT2D eigenvalue weighted by atomic mass is 10.0. The molecule has 29 heavy (non-hydrogen) atoms. The van der Waals surface area contributed by atoms with E-state index in [4.69, 9.17) is 4.74 Å². The number of likely N-dealkylation sites (tertiary alicyclic amines) is 1. The van der Waals surface area contributed by atoms with Crippen molar-refractivity contribution in [1.29, 1.82) is 5.26 Å². The first-order valence-corrected chi connectivity index (χ1v) is 11.3. The largest absolute Gasteiger partial charge is 0.497 e. The van der Waals surface area contributed by atoms with Crippen molar-refractivity contribution in [3.63, 3.8) is 0 Å². The number of amides is 1. The van der Waals surface area contributed by atoms with Crippen LogP contribution in [-0.4, -0.2) is 26.1 Å². The molecular weight excluding hydrogens is 382 g/mol. The fraction of sp³-hybridized carbons (Fsp3) is 0.478. The molecule has 1 unspecified atom stereocenters. The Morgan fingerprint density at radius 1 is 1.24 bits per heavy atom. The molecular formula is C23H28N3O2S+. The maximum absolute atomic E-state index is 12.9. The number of fused-ring (bicyclic) bond motifs is 1. The van der Waals surface area contributed by atoms with Crippen LogP contribution < -0.4 is 15.0 Å². The molecule has 2 N–H and O–H groups in total. The number of benzene rings is 1. The summed E-state index contributed by atoms with van der Waals surface area (Å²) in [6.07, 6.45) is 7.75. The number of carbonyl (C=O) groups is 1. The predicted molar refractivity (Wildman–Crippen MR) is 115 cm³/mol. The van der Waals surface area contributed by atoms with Gasteiger partial charge in [0, 0.05) is 16.9 Å². The van der Waals surface area contributed by atoms with E-state index in [0.29, 0.717) is 18.2 Å². The van der Waals surface area contributed by atoms with Gasteiger partial charge in [-0.2, -0.15) is 5.26 Å². The Bertz CT molecular complexity index is 913. The fourth-order valence-corrected chi connectivity index (χ4v) is 5.95. The highest BCUT2D eigenvalue weighted by Gasteiger charge is 2.29. The van der Waals surface area contributed by atoms with Gasteiger partial charge >= 0.3 is 0 Å². The van der Waals surface area contributed by atoms with Gasteiger partial charge in [-0.25, -0.2) is 0 Å². The van der Waals surface area contributed by atoms with Gasteiger partial charge in [-0.05, 0) is 68.4 Å². The molecule has 1 aliphatic heterocycles. The van der Waals surface area contributed by atoms with Crippen LogP contribution in [0.4, 0.5) is 5.00 Å². The predicted octanol–water partition coefficient (Wildman–Crippen LogP) is 3.26. The zero-order valence-electron chi connectivity index (χ0n) is 16.9. The number of nitriles is 1. The van der Waals surface area contributed by atoms with E-state index in [0.717, 1.165) is 55.0 Å². The molecule has 2 aliphatic rings. The molecule has 5 nitrogen and oxygen atoms in total. The monoisotopic (exact) mass is 410 g/mol. The summed E-state index contributed by atoms with van der Waals surface area (Å²) < 4.78 is 5.29. The molecule has 1 aromatic carbocycles. The van der Waals surface area contributed by atoms with Gasteiger partial charge in [-0.3, -0.25) is 4.79 Å². The van der Waals surface area contributed by atoms with Crippen molar-refractivity contribution in [2.24, 2.45) is 0 Å². The molecule has 4 rings (SSSR count). The van der Waals surface area contributed by atoms with Crippen molar-refractivity contribution in [3.8, 4) is 11.8 Å². The second-order valence-electron chi connectivity index (χ2n) is 7.98. The molecule has 0 bridgehead atoms. The lowest BCUT2D eigenvalue weighted by Crippen LogP contribution is -3.13. The van der Waals surface area contributed by atoms with E-state index in [9.17, 15) is 10.1 Å². The standard InChI is InChI=1S/C23H27N3O2S/c1-28-17-11-9-16(10-12-17)20-7-3-2-4-13-26(20)15-22(27)25-23-19(14-24)18-6-5-8-21(18)29-23/h9-12,20H,2-8,13,15H2,1H3,(H,25,27)/p+1/t20-/m1/s1. The van der Waals surface area contributed by atoms with Gasteiger partial charge in [0.05, 0.1) is 19.2 Å². The van der Waals surface area contributed by atoms with Crippen LogP contribution in [0.1, 0.15) is 59.7 Å². The minimum absolute atomic E-state index is 0.0110. The van der Waals surface area contributed by atoms with Crippen molar-refractivity contribution in [1.82, 2.24) is 0 Å². The summed E-state index contributed by atoms with van der Waals surface area (Å²) in [5.74, 6) is 0.869. The lowest BCUT2D eigenvalue weighted by molar-refractivity contribution is -0.923. The van der Waals surface area contributed by atoms with Crippen molar-refractivity contribution in [2.45, 2.75) is 51.0 Å². The van der Waals surface area contributed by atoms with E-state index in [1.165, 1.54) is 28.2 Å². The van der Waals surface area contributed by atoms with Crippen molar-refractivity contribution >= 4 is 22.2 Å². The van der Waals surface area contributed by atoms with Crippen LogP contribution in [0.25, 0.3) is 0 Å². The summed E-state index contributed by atoms with van der Waals surface area (Å²) >= 11 is 1.59. The number of carbonyl (C=O) groups excluding carboxylic acids is 1. The highest BCUT2D eigenvalue weighted by Crippen LogP contribution is 2.38. The van der Waals surface area contributed by atoms with Gasteiger partial charge in [0.15, 0.2) is 6.54 Å².